The predicted molar refractivity (Wildman–Crippen MR) is 127 cm³/mol. The van der Waals surface area contributed by atoms with E-state index in [1.807, 2.05) is 12.1 Å². The van der Waals surface area contributed by atoms with Crippen LogP contribution in [-0.2, 0) is 4.74 Å². The molecule has 1 aromatic carbocycles. The number of aromatic nitrogens is 5. The maximum atomic E-state index is 13.1. The van der Waals surface area contributed by atoms with Crippen molar-refractivity contribution in [2.45, 2.75) is 38.6 Å². The van der Waals surface area contributed by atoms with Crippen LogP contribution in [0.2, 0.25) is 0 Å². The van der Waals surface area contributed by atoms with Crippen LogP contribution in [0.4, 0.5) is 5.69 Å². The average molecular weight is 464 g/mol. The number of fused-ring (bicyclic) bond motifs is 2. The van der Waals surface area contributed by atoms with Crippen molar-refractivity contribution in [2.24, 2.45) is 5.11 Å². The van der Waals surface area contributed by atoms with Gasteiger partial charge in [0.1, 0.15) is 6.23 Å². The van der Waals surface area contributed by atoms with Crippen LogP contribution in [0.15, 0.2) is 46.7 Å². The topological polar surface area (TPSA) is 149 Å². The zero-order valence-electron chi connectivity index (χ0n) is 18.9. The highest BCUT2D eigenvalue weighted by Crippen LogP contribution is 2.32. The molecule has 34 heavy (non-hydrogen) atoms. The van der Waals surface area contributed by atoms with Crippen molar-refractivity contribution in [3.8, 4) is 11.3 Å². The van der Waals surface area contributed by atoms with E-state index in [4.69, 9.17) is 10.3 Å². The van der Waals surface area contributed by atoms with E-state index in [1.54, 1.807) is 10.8 Å². The Hall–Kier alpha value is -3.86. The Morgan fingerprint density at radius 1 is 1.32 bits per heavy atom. The SMILES string of the molecule is CCN(CC)c1ccc(-c2cn3c(=O)c4ncn([C@H]5CC(N=[N+]=[N-])[C@@H](CO)O5)c4nc3[nH]2)cc1. The van der Waals surface area contributed by atoms with Crippen LogP contribution < -0.4 is 10.5 Å². The van der Waals surface area contributed by atoms with Gasteiger partial charge < -0.3 is 19.7 Å². The molecule has 12 heteroatoms. The molecule has 4 heterocycles. The van der Waals surface area contributed by atoms with Crippen LogP contribution in [0, 0.1) is 0 Å². The maximum absolute atomic E-state index is 13.1. The highest BCUT2D eigenvalue weighted by atomic mass is 16.5. The van der Waals surface area contributed by atoms with Crippen molar-refractivity contribution in [3.63, 3.8) is 0 Å². The van der Waals surface area contributed by atoms with Gasteiger partial charge in [-0.15, -0.1) is 0 Å². The van der Waals surface area contributed by atoms with Gasteiger partial charge in [0, 0.05) is 36.3 Å². The molecule has 0 saturated carbocycles. The van der Waals surface area contributed by atoms with Gasteiger partial charge >= 0.3 is 0 Å². The third-order valence-corrected chi connectivity index (χ3v) is 6.33. The van der Waals surface area contributed by atoms with E-state index in [-0.39, 0.29) is 17.7 Å². The third kappa shape index (κ3) is 3.58. The summed E-state index contributed by atoms with van der Waals surface area (Å²) < 4.78 is 8.94. The third-order valence-electron chi connectivity index (χ3n) is 6.33. The Kier molecular flexibility index (Phi) is 5.70. The quantitative estimate of drug-likeness (QED) is 0.244. The van der Waals surface area contributed by atoms with Gasteiger partial charge in [-0.05, 0) is 37.1 Å². The minimum absolute atomic E-state index is 0.205. The minimum atomic E-state index is -0.625. The lowest BCUT2D eigenvalue weighted by molar-refractivity contribution is -0.0232. The summed E-state index contributed by atoms with van der Waals surface area (Å²) in [5, 5.41) is 13.3. The molecule has 1 aliphatic heterocycles. The molecule has 12 nitrogen and oxygen atoms in total. The van der Waals surface area contributed by atoms with Gasteiger partial charge in [-0.3, -0.25) is 9.36 Å². The number of aliphatic hydroxyl groups is 1. The van der Waals surface area contributed by atoms with Crippen molar-refractivity contribution in [3.05, 3.63) is 57.6 Å². The summed E-state index contributed by atoms with van der Waals surface area (Å²) in [6.45, 7) is 5.82. The molecule has 3 aromatic heterocycles. The zero-order chi connectivity index (χ0) is 23.8. The molecule has 2 N–H and O–H groups in total. The average Bonchev–Trinajstić information content (AvgIpc) is 3.57. The molecule has 1 unspecified atom stereocenters. The van der Waals surface area contributed by atoms with Gasteiger partial charge in [-0.2, -0.15) is 4.98 Å². The van der Waals surface area contributed by atoms with Gasteiger partial charge in [0.2, 0.25) is 5.78 Å². The fourth-order valence-electron chi connectivity index (χ4n) is 4.51. The molecule has 1 fully saturated rings. The monoisotopic (exact) mass is 463 g/mol. The number of benzene rings is 1. The lowest BCUT2D eigenvalue weighted by atomic mass is 10.1. The number of nitrogens with one attached hydrogen (secondary N) is 1. The number of H-pyrrole nitrogens is 1. The number of aromatic amines is 1. The smallest absolute Gasteiger partial charge is 0.287 e. The second-order valence-corrected chi connectivity index (χ2v) is 8.14. The first-order valence-corrected chi connectivity index (χ1v) is 11.2. The molecule has 0 spiro atoms. The van der Waals surface area contributed by atoms with E-state index in [0.717, 1.165) is 30.0 Å². The summed E-state index contributed by atoms with van der Waals surface area (Å²) >= 11 is 0. The van der Waals surface area contributed by atoms with E-state index in [0.29, 0.717) is 17.8 Å². The van der Waals surface area contributed by atoms with Gasteiger partial charge in [0.25, 0.3) is 5.56 Å². The second kappa shape index (κ2) is 8.82. The number of ether oxygens (including phenoxy) is 1. The second-order valence-electron chi connectivity index (χ2n) is 8.14. The summed E-state index contributed by atoms with van der Waals surface area (Å²) in [7, 11) is 0. The first kappa shape index (κ1) is 22.0. The standard InChI is InChI=1S/C22H25N9O3/c1-3-29(4-2)14-7-5-13(6-8-14)16-10-30-21(33)19-20(26-22(30)25-16)31(12-24-19)18-9-15(27-28-23)17(11-32)34-18/h5-8,10,12,15,17-18,32H,3-4,9,11H2,1-2H3,(H,25,26)/t15?,17-,18-/m1/s1. The van der Waals surface area contributed by atoms with E-state index in [2.05, 4.69) is 55.9 Å². The van der Waals surface area contributed by atoms with Crippen LogP contribution in [0.5, 0.6) is 0 Å². The van der Waals surface area contributed by atoms with Crippen molar-refractivity contribution in [2.75, 3.05) is 24.6 Å². The Labute approximate surface area is 194 Å². The molecule has 5 rings (SSSR count). The molecule has 0 bridgehead atoms. The lowest BCUT2D eigenvalue weighted by Crippen LogP contribution is -2.23. The van der Waals surface area contributed by atoms with Crippen molar-refractivity contribution in [1.82, 2.24) is 23.9 Å². The van der Waals surface area contributed by atoms with Crippen molar-refractivity contribution in [1.29, 1.82) is 0 Å². The summed E-state index contributed by atoms with van der Waals surface area (Å²) in [6.07, 6.45) is 2.37. The van der Waals surface area contributed by atoms with Crippen LogP contribution >= 0.6 is 0 Å². The molecule has 4 aromatic rings. The Bertz CT molecular complexity index is 1430. The summed E-state index contributed by atoms with van der Waals surface area (Å²) in [6, 6.07) is 7.63. The highest BCUT2D eigenvalue weighted by molar-refractivity contribution is 5.73. The molecular formula is C22H25N9O3. The number of aliphatic hydroxyl groups excluding tert-OH is 1. The molecule has 3 atom stereocenters. The maximum Gasteiger partial charge on any atom is 0.287 e. The van der Waals surface area contributed by atoms with E-state index < -0.39 is 18.4 Å². The Balaban J connectivity index is 1.52. The molecule has 176 valence electrons. The fraction of sp³-hybridized carbons (Fsp3) is 0.409. The molecule has 1 saturated heterocycles. The number of imidazole rings is 2. The molecule has 0 amide bonds. The summed E-state index contributed by atoms with van der Waals surface area (Å²) in [5.74, 6) is 0.380. The van der Waals surface area contributed by atoms with Crippen molar-refractivity contribution < 1.29 is 9.84 Å². The number of hydrogen-bond acceptors (Lipinski definition) is 7. The van der Waals surface area contributed by atoms with Crippen LogP contribution in [0.1, 0.15) is 26.5 Å². The van der Waals surface area contributed by atoms with Crippen LogP contribution in [0.25, 0.3) is 38.6 Å². The fourth-order valence-corrected chi connectivity index (χ4v) is 4.51. The minimum Gasteiger partial charge on any atom is -0.394 e. The molecule has 0 radical (unpaired) electrons. The summed E-state index contributed by atoms with van der Waals surface area (Å²) in [5.41, 5.74) is 11.9. The highest BCUT2D eigenvalue weighted by Gasteiger charge is 2.36. The summed E-state index contributed by atoms with van der Waals surface area (Å²) in [4.78, 5) is 30.4. The van der Waals surface area contributed by atoms with E-state index in [9.17, 15) is 9.90 Å². The Morgan fingerprint density at radius 2 is 2.09 bits per heavy atom. The molecule has 0 aliphatic carbocycles. The van der Waals surface area contributed by atoms with Crippen molar-refractivity contribution >= 4 is 22.6 Å². The van der Waals surface area contributed by atoms with Gasteiger partial charge in [0.15, 0.2) is 11.2 Å². The number of hydrogen-bond donors (Lipinski definition) is 2. The molecular weight excluding hydrogens is 438 g/mol. The Morgan fingerprint density at radius 3 is 2.76 bits per heavy atom. The largest absolute Gasteiger partial charge is 0.394 e. The first-order chi connectivity index (χ1) is 16.6. The predicted octanol–water partition coefficient (Wildman–Crippen LogP) is 2.84. The van der Waals surface area contributed by atoms with Crippen LogP contribution in [0.3, 0.4) is 0 Å². The van der Waals surface area contributed by atoms with E-state index in [1.165, 1.54) is 10.7 Å². The molecule has 1 aliphatic rings. The number of rotatable bonds is 7. The number of azide groups is 1. The van der Waals surface area contributed by atoms with E-state index >= 15 is 0 Å². The number of anilines is 1. The zero-order valence-corrected chi connectivity index (χ0v) is 18.9. The van der Waals surface area contributed by atoms with Gasteiger partial charge in [0.05, 0.1) is 30.8 Å². The van der Waals surface area contributed by atoms with Crippen LogP contribution in [-0.4, -0.2) is 60.9 Å². The lowest BCUT2D eigenvalue weighted by Gasteiger charge is -2.20. The first-order valence-electron chi connectivity index (χ1n) is 11.2. The number of nitrogens with zero attached hydrogens (tertiary/aromatic N) is 8. The van der Waals surface area contributed by atoms with Gasteiger partial charge in [-0.25, -0.2) is 9.38 Å². The van der Waals surface area contributed by atoms with Gasteiger partial charge in [-0.1, -0.05) is 17.2 Å². The normalized spacial score (nSPS) is 20.1.